The van der Waals surface area contributed by atoms with Crippen molar-refractivity contribution in [3.8, 4) is 11.3 Å². The number of fused-ring (bicyclic) bond motifs is 1. The van der Waals surface area contributed by atoms with E-state index in [2.05, 4.69) is 16.2 Å². The first-order valence-corrected chi connectivity index (χ1v) is 8.56. The molecule has 0 aliphatic rings. The smallest absolute Gasteiger partial charge is 0.214 e. The molecule has 4 rings (SSSR count). The largest absolute Gasteiger partial charge is 0.361 e. The van der Waals surface area contributed by atoms with Gasteiger partial charge in [0.25, 0.3) is 0 Å². The second kappa shape index (κ2) is 6.88. The molecule has 5 heteroatoms. The Morgan fingerprint density at radius 2 is 1.88 bits per heavy atom. The molecule has 5 nitrogen and oxygen atoms in total. The number of nitrogens with one attached hydrogen (secondary N) is 1. The molecule has 0 spiro atoms. The molecule has 4 aromatic rings. The number of aromatic amines is 1. The van der Waals surface area contributed by atoms with Gasteiger partial charge in [-0.05, 0) is 25.0 Å². The first kappa shape index (κ1) is 16.1. The SMILES string of the molecule is Cc1onc(-c2ccccc2)c1N(C=O)CCc1c[nH]c2ccccc12. The summed E-state index contributed by atoms with van der Waals surface area (Å²) < 4.78 is 5.38. The van der Waals surface area contributed by atoms with Crippen LogP contribution in [0.25, 0.3) is 22.2 Å². The van der Waals surface area contributed by atoms with Crippen LogP contribution in [0.5, 0.6) is 0 Å². The highest BCUT2D eigenvalue weighted by molar-refractivity contribution is 5.87. The maximum atomic E-state index is 11.8. The van der Waals surface area contributed by atoms with Crippen molar-refractivity contribution in [2.24, 2.45) is 0 Å². The molecule has 0 aliphatic carbocycles. The lowest BCUT2D eigenvalue weighted by atomic mass is 10.1. The number of hydrogen-bond donors (Lipinski definition) is 1. The zero-order valence-corrected chi connectivity index (χ0v) is 14.5. The average molecular weight is 345 g/mol. The molecule has 2 heterocycles. The van der Waals surface area contributed by atoms with Crippen molar-refractivity contribution in [2.75, 3.05) is 11.4 Å². The van der Waals surface area contributed by atoms with Gasteiger partial charge < -0.3 is 14.4 Å². The maximum absolute atomic E-state index is 11.8. The first-order valence-electron chi connectivity index (χ1n) is 8.56. The molecule has 1 N–H and O–H groups in total. The Balaban J connectivity index is 1.62. The highest BCUT2D eigenvalue weighted by Crippen LogP contribution is 2.32. The number of aryl methyl sites for hydroxylation is 1. The summed E-state index contributed by atoms with van der Waals surface area (Å²) in [5.41, 5.74) is 4.63. The molecule has 0 bridgehead atoms. The highest BCUT2D eigenvalue weighted by atomic mass is 16.5. The number of para-hydroxylation sites is 1. The summed E-state index contributed by atoms with van der Waals surface area (Å²) in [6.07, 6.45) is 3.59. The number of anilines is 1. The van der Waals surface area contributed by atoms with E-state index in [0.717, 1.165) is 29.6 Å². The Bertz CT molecular complexity index is 1030. The quantitative estimate of drug-likeness (QED) is 0.529. The summed E-state index contributed by atoms with van der Waals surface area (Å²) in [5, 5.41) is 5.35. The van der Waals surface area contributed by atoms with Crippen LogP contribution in [0.15, 0.2) is 65.3 Å². The van der Waals surface area contributed by atoms with E-state index < -0.39 is 0 Å². The van der Waals surface area contributed by atoms with Crippen LogP contribution in [0.3, 0.4) is 0 Å². The van der Waals surface area contributed by atoms with E-state index >= 15 is 0 Å². The van der Waals surface area contributed by atoms with Crippen molar-refractivity contribution in [1.29, 1.82) is 0 Å². The van der Waals surface area contributed by atoms with Gasteiger partial charge in [0.15, 0.2) is 5.76 Å². The van der Waals surface area contributed by atoms with Gasteiger partial charge in [-0.3, -0.25) is 4.79 Å². The van der Waals surface area contributed by atoms with Crippen LogP contribution in [0.1, 0.15) is 11.3 Å². The van der Waals surface area contributed by atoms with Crippen molar-refractivity contribution in [2.45, 2.75) is 13.3 Å². The highest BCUT2D eigenvalue weighted by Gasteiger charge is 2.20. The monoisotopic (exact) mass is 345 g/mol. The zero-order valence-electron chi connectivity index (χ0n) is 14.5. The number of carbonyl (C=O) groups excluding carboxylic acids is 1. The summed E-state index contributed by atoms with van der Waals surface area (Å²) in [4.78, 5) is 16.8. The van der Waals surface area contributed by atoms with Gasteiger partial charge in [-0.2, -0.15) is 0 Å². The van der Waals surface area contributed by atoms with Crippen molar-refractivity contribution in [1.82, 2.24) is 10.1 Å². The molecule has 0 saturated carbocycles. The van der Waals surface area contributed by atoms with Gasteiger partial charge in [-0.1, -0.05) is 53.7 Å². The van der Waals surface area contributed by atoms with E-state index in [1.807, 2.05) is 61.7 Å². The van der Waals surface area contributed by atoms with E-state index in [-0.39, 0.29) is 0 Å². The minimum Gasteiger partial charge on any atom is -0.361 e. The second-order valence-electron chi connectivity index (χ2n) is 6.21. The van der Waals surface area contributed by atoms with E-state index in [1.165, 1.54) is 10.9 Å². The third kappa shape index (κ3) is 2.88. The van der Waals surface area contributed by atoms with Crippen molar-refractivity contribution >= 4 is 23.0 Å². The molecule has 0 radical (unpaired) electrons. The number of amides is 1. The Hall–Kier alpha value is -3.34. The molecule has 2 aromatic heterocycles. The Morgan fingerprint density at radius 1 is 1.12 bits per heavy atom. The lowest BCUT2D eigenvalue weighted by molar-refractivity contribution is -0.107. The zero-order chi connectivity index (χ0) is 17.9. The maximum Gasteiger partial charge on any atom is 0.214 e. The molecule has 1 amide bonds. The van der Waals surface area contributed by atoms with E-state index in [9.17, 15) is 4.79 Å². The minimum atomic E-state index is 0.549. The normalized spacial score (nSPS) is 11.0. The van der Waals surface area contributed by atoms with Crippen LogP contribution < -0.4 is 4.90 Å². The summed E-state index contributed by atoms with van der Waals surface area (Å²) in [7, 11) is 0. The predicted octanol–water partition coefficient (Wildman–Crippen LogP) is 4.34. The van der Waals surface area contributed by atoms with Crippen LogP contribution in [0.2, 0.25) is 0 Å². The number of nitrogens with zero attached hydrogens (tertiary/aromatic N) is 2. The average Bonchev–Trinajstić information content (AvgIpc) is 3.27. The van der Waals surface area contributed by atoms with Gasteiger partial charge in [0.2, 0.25) is 6.41 Å². The first-order chi connectivity index (χ1) is 12.8. The fraction of sp³-hybridized carbons (Fsp3) is 0.143. The third-order valence-electron chi connectivity index (χ3n) is 4.59. The predicted molar refractivity (Wildman–Crippen MR) is 102 cm³/mol. The summed E-state index contributed by atoms with van der Waals surface area (Å²) in [6, 6.07) is 17.9. The number of benzene rings is 2. The molecule has 0 saturated heterocycles. The Morgan fingerprint density at radius 3 is 2.69 bits per heavy atom. The summed E-state index contributed by atoms with van der Waals surface area (Å²) in [6.45, 7) is 2.38. The van der Waals surface area contributed by atoms with Gasteiger partial charge >= 0.3 is 0 Å². The van der Waals surface area contributed by atoms with Crippen molar-refractivity contribution < 1.29 is 9.32 Å². The van der Waals surface area contributed by atoms with Crippen molar-refractivity contribution in [3.63, 3.8) is 0 Å². The lowest BCUT2D eigenvalue weighted by Gasteiger charge is -2.17. The fourth-order valence-electron chi connectivity index (χ4n) is 3.29. The number of aromatic nitrogens is 2. The standard InChI is InChI=1S/C21H19N3O2/c1-15-21(20(23-26-15)16-7-3-2-4-8-16)24(14-25)12-11-17-13-22-19-10-6-5-9-18(17)19/h2-10,13-14,22H,11-12H2,1H3. The van der Waals surface area contributed by atoms with E-state index in [1.54, 1.807) is 4.90 Å². The van der Waals surface area contributed by atoms with Gasteiger partial charge in [0.05, 0.1) is 0 Å². The summed E-state index contributed by atoms with van der Waals surface area (Å²) >= 11 is 0. The molecule has 0 aliphatic heterocycles. The third-order valence-corrected chi connectivity index (χ3v) is 4.59. The van der Waals surface area contributed by atoms with E-state index in [0.29, 0.717) is 18.0 Å². The van der Waals surface area contributed by atoms with Crippen LogP contribution in [0.4, 0.5) is 5.69 Å². The lowest BCUT2D eigenvalue weighted by Crippen LogP contribution is -2.24. The fourth-order valence-corrected chi connectivity index (χ4v) is 3.29. The molecule has 0 atom stereocenters. The molecular weight excluding hydrogens is 326 g/mol. The summed E-state index contributed by atoms with van der Waals surface area (Å²) in [5.74, 6) is 0.634. The van der Waals surface area contributed by atoms with Gasteiger partial charge in [0.1, 0.15) is 11.4 Å². The molecule has 130 valence electrons. The minimum absolute atomic E-state index is 0.549. The van der Waals surface area contributed by atoms with Crippen LogP contribution in [-0.2, 0) is 11.2 Å². The number of carbonyl (C=O) groups is 1. The Labute approximate surface area is 151 Å². The Kier molecular flexibility index (Phi) is 4.27. The number of rotatable bonds is 6. The van der Waals surface area contributed by atoms with Gasteiger partial charge in [0, 0.05) is 29.2 Å². The molecule has 0 fully saturated rings. The topological polar surface area (TPSA) is 62.1 Å². The molecular formula is C21H19N3O2. The molecule has 2 aromatic carbocycles. The van der Waals surface area contributed by atoms with Crippen LogP contribution >= 0.6 is 0 Å². The number of hydrogen-bond acceptors (Lipinski definition) is 3. The molecule has 0 unspecified atom stereocenters. The van der Waals surface area contributed by atoms with E-state index in [4.69, 9.17) is 4.52 Å². The number of H-pyrrole nitrogens is 1. The van der Waals surface area contributed by atoms with Gasteiger partial charge in [-0.15, -0.1) is 0 Å². The van der Waals surface area contributed by atoms with Gasteiger partial charge in [-0.25, -0.2) is 0 Å². The molecule has 26 heavy (non-hydrogen) atoms. The second-order valence-corrected chi connectivity index (χ2v) is 6.21. The van der Waals surface area contributed by atoms with Crippen molar-refractivity contribution in [3.05, 3.63) is 72.1 Å². The van der Waals surface area contributed by atoms with Crippen LogP contribution in [0, 0.1) is 6.92 Å². The van der Waals surface area contributed by atoms with Crippen LogP contribution in [-0.4, -0.2) is 23.1 Å².